The molecular weight excluding hydrogens is 297 g/mol. The van der Waals surface area contributed by atoms with E-state index in [0.29, 0.717) is 39.4 Å². The Morgan fingerprint density at radius 3 is 2.65 bits per heavy atom. The normalized spacial score (nSPS) is 22.4. The summed E-state index contributed by atoms with van der Waals surface area (Å²) in [6.07, 6.45) is 4.50. The molecule has 2 atom stereocenters. The van der Waals surface area contributed by atoms with Crippen molar-refractivity contribution in [3.63, 3.8) is 0 Å². The highest BCUT2D eigenvalue weighted by atomic mass is 35.5. The Morgan fingerprint density at radius 1 is 1.20 bits per heavy atom. The molecule has 2 N–H and O–H groups in total. The van der Waals surface area contributed by atoms with Crippen LogP contribution in [0.2, 0.25) is 10.0 Å². The van der Waals surface area contributed by atoms with Gasteiger partial charge in [-0.05, 0) is 25.0 Å². The molecule has 3 rings (SSSR count). The van der Waals surface area contributed by atoms with Crippen molar-refractivity contribution in [3.8, 4) is 0 Å². The van der Waals surface area contributed by atoms with Gasteiger partial charge in [0.2, 0.25) is 0 Å². The van der Waals surface area contributed by atoms with Crippen LogP contribution in [0.15, 0.2) is 18.3 Å². The number of benzene rings is 1. The third-order valence-electron chi connectivity index (χ3n) is 3.75. The number of hydrogen-bond acceptors (Lipinski definition) is 4. The Kier molecular flexibility index (Phi) is 3.96. The SMILES string of the molecule is OC1CCCC1CNc1cnc2cc(Cl)c(Cl)cc2n1. The monoisotopic (exact) mass is 311 g/mol. The Labute approximate surface area is 127 Å². The lowest BCUT2D eigenvalue weighted by atomic mass is 10.1. The number of hydrogen-bond donors (Lipinski definition) is 2. The molecule has 1 aromatic carbocycles. The van der Waals surface area contributed by atoms with Crippen molar-refractivity contribution in [2.75, 3.05) is 11.9 Å². The smallest absolute Gasteiger partial charge is 0.145 e. The predicted octanol–water partition coefficient (Wildman–Crippen LogP) is 3.51. The second-order valence-corrected chi connectivity index (χ2v) is 5.96. The maximum Gasteiger partial charge on any atom is 0.145 e. The van der Waals surface area contributed by atoms with Crippen LogP contribution in [-0.4, -0.2) is 27.7 Å². The molecule has 0 spiro atoms. The zero-order valence-electron chi connectivity index (χ0n) is 10.8. The highest BCUT2D eigenvalue weighted by Crippen LogP contribution is 2.27. The molecule has 20 heavy (non-hydrogen) atoms. The van der Waals surface area contributed by atoms with E-state index in [0.717, 1.165) is 19.3 Å². The Bertz CT molecular complexity index is 635. The summed E-state index contributed by atoms with van der Waals surface area (Å²) in [6, 6.07) is 3.42. The van der Waals surface area contributed by atoms with Gasteiger partial charge < -0.3 is 10.4 Å². The van der Waals surface area contributed by atoms with E-state index in [-0.39, 0.29) is 6.10 Å². The molecule has 1 aliphatic rings. The van der Waals surface area contributed by atoms with Crippen LogP contribution in [0.1, 0.15) is 19.3 Å². The summed E-state index contributed by atoms with van der Waals surface area (Å²) in [6.45, 7) is 0.711. The standard InChI is InChI=1S/C14H15Cl2N3O/c15-9-4-11-12(5-10(9)16)19-14(7-17-11)18-6-8-2-1-3-13(8)20/h4-5,7-8,13,20H,1-3,6H2,(H,18,19). The molecule has 4 nitrogen and oxygen atoms in total. The fourth-order valence-electron chi connectivity index (χ4n) is 2.58. The van der Waals surface area contributed by atoms with Crippen molar-refractivity contribution in [1.82, 2.24) is 9.97 Å². The first kappa shape index (κ1) is 13.9. The number of aliphatic hydroxyl groups excluding tert-OH is 1. The second kappa shape index (κ2) is 5.72. The lowest BCUT2D eigenvalue weighted by molar-refractivity contribution is 0.138. The topological polar surface area (TPSA) is 58.0 Å². The third kappa shape index (κ3) is 2.82. The first-order valence-corrected chi connectivity index (χ1v) is 7.43. The minimum Gasteiger partial charge on any atom is -0.393 e. The van der Waals surface area contributed by atoms with Crippen LogP contribution in [0.4, 0.5) is 5.82 Å². The summed E-state index contributed by atoms with van der Waals surface area (Å²) in [7, 11) is 0. The maximum absolute atomic E-state index is 9.80. The van der Waals surface area contributed by atoms with Gasteiger partial charge >= 0.3 is 0 Å². The summed E-state index contributed by atoms with van der Waals surface area (Å²) >= 11 is 11.9. The van der Waals surface area contributed by atoms with E-state index < -0.39 is 0 Å². The molecule has 1 heterocycles. The van der Waals surface area contributed by atoms with Crippen molar-refractivity contribution < 1.29 is 5.11 Å². The molecule has 2 aromatic rings. The summed E-state index contributed by atoms with van der Waals surface area (Å²) in [5, 5.41) is 14.0. The van der Waals surface area contributed by atoms with Gasteiger partial charge in [0.05, 0.1) is 33.4 Å². The lowest BCUT2D eigenvalue weighted by Gasteiger charge is -2.15. The van der Waals surface area contributed by atoms with Gasteiger partial charge in [0.15, 0.2) is 0 Å². The van der Waals surface area contributed by atoms with Gasteiger partial charge in [0.25, 0.3) is 0 Å². The van der Waals surface area contributed by atoms with Gasteiger partial charge in [0, 0.05) is 12.5 Å². The molecule has 1 saturated carbocycles. The number of anilines is 1. The molecule has 0 radical (unpaired) electrons. The van der Waals surface area contributed by atoms with Crippen LogP contribution >= 0.6 is 23.2 Å². The van der Waals surface area contributed by atoms with Crippen molar-refractivity contribution in [2.45, 2.75) is 25.4 Å². The number of fused-ring (bicyclic) bond motifs is 1. The van der Waals surface area contributed by atoms with Crippen LogP contribution in [0, 0.1) is 5.92 Å². The number of nitrogens with zero attached hydrogens (tertiary/aromatic N) is 2. The molecule has 6 heteroatoms. The minimum atomic E-state index is -0.204. The molecular formula is C14H15Cl2N3O. The highest BCUT2D eigenvalue weighted by molar-refractivity contribution is 6.42. The molecule has 2 unspecified atom stereocenters. The molecule has 0 amide bonds. The van der Waals surface area contributed by atoms with E-state index in [1.165, 1.54) is 0 Å². The van der Waals surface area contributed by atoms with Gasteiger partial charge in [-0.15, -0.1) is 0 Å². The van der Waals surface area contributed by atoms with Gasteiger partial charge in [-0.1, -0.05) is 29.6 Å². The van der Waals surface area contributed by atoms with E-state index in [2.05, 4.69) is 15.3 Å². The molecule has 0 saturated heterocycles. The Morgan fingerprint density at radius 2 is 1.95 bits per heavy atom. The van der Waals surface area contributed by atoms with Crippen molar-refractivity contribution in [1.29, 1.82) is 0 Å². The minimum absolute atomic E-state index is 0.204. The van der Waals surface area contributed by atoms with E-state index in [1.54, 1.807) is 18.3 Å². The number of nitrogens with one attached hydrogen (secondary N) is 1. The summed E-state index contributed by atoms with van der Waals surface area (Å²) in [5.41, 5.74) is 1.42. The second-order valence-electron chi connectivity index (χ2n) is 5.15. The van der Waals surface area contributed by atoms with Crippen molar-refractivity contribution >= 4 is 40.1 Å². The molecule has 1 aliphatic carbocycles. The zero-order valence-corrected chi connectivity index (χ0v) is 12.3. The first-order valence-electron chi connectivity index (χ1n) is 6.67. The van der Waals surface area contributed by atoms with Crippen molar-refractivity contribution in [2.24, 2.45) is 5.92 Å². The van der Waals surface area contributed by atoms with E-state index in [9.17, 15) is 5.11 Å². The van der Waals surface area contributed by atoms with Gasteiger partial charge in [0.1, 0.15) is 5.82 Å². The van der Waals surface area contributed by atoms with Gasteiger partial charge in [-0.2, -0.15) is 0 Å². The van der Waals surface area contributed by atoms with E-state index in [1.807, 2.05) is 0 Å². The van der Waals surface area contributed by atoms with Gasteiger partial charge in [-0.3, -0.25) is 4.98 Å². The molecule has 0 bridgehead atoms. The van der Waals surface area contributed by atoms with Crippen LogP contribution in [0.3, 0.4) is 0 Å². The van der Waals surface area contributed by atoms with E-state index >= 15 is 0 Å². The Hall–Kier alpha value is -1.10. The van der Waals surface area contributed by atoms with Crippen LogP contribution in [0.25, 0.3) is 11.0 Å². The number of rotatable bonds is 3. The number of aromatic nitrogens is 2. The molecule has 1 aromatic heterocycles. The lowest BCUT2D eigenvalue weighted by Crippen LogP contribution is -2.22. The average Bonchev–Trinajstić information content (AvgIpc) is 2.83. The number of aliphatic hydroxyl groups is 1. The zero-order chi connectivity index (χ0) is 14.1. The van der Waals surface area contributed by atoms with E-state index in [4.69, 9.17) is 23.2 Å². The van der Waals surface area contributed by atoms with Crippen LogP contribution < -0.4 is 5.32 Å². The van der Waals surface area contributed by atoms with Gasteiger partial charge in [-0.25, -0.2) is 4.98 Å². The fraction of sp³-hybridized carbons (Fsp3) is 0.429. The molecule has 0 aliphatic heterocycles. The number of halogens is 2. The summed E-state index contributed by atoms with van der Waals surface area (Å²) in [4.78, 5) is 8.78. The largest absolute Gasteiger partial charge is 0.393 e. The average molecular weight is 312 g/mol. The van der Waals surface area contributed by atoms with Crippen molar-refractivity contribution in [3.05, 3.63) is 28.4 Å². The summed E-state index contributed by atoms with van der Waals surface area (Å²) in [5.74, 6) is 0.983. The van der Waals surface area contributed by atoms with Crippen LogP contribution in [-0.2, 0) is 0 Å². The fourth-order valence-corrected chi connectivity index (χ4v) is 2.90. The first-order chi connectivity index (χ1) is 9.63. The third-order valence-corrected chi connectivity index (χ3v) is 4.47. The maximum atomic E-state index is 9.80. The Balaban J connectivity index is 1.77. The molecule has 106 valence electrons. The predicted molar refractivity (Wildman–Crippen MR) is 81.4 cm³/mol. The quantitative estimate of drug-likeness (QED) is 0.910. The molecule has 1 fully saturated rings. The summed E-state index contributed by atoms with van der Waals surface area (Å²) < 4.78 is 0. The highest BCUT2D eigenvalue weighted by Gasteiger charge is 2.24. The van der Waals surface area contributed by atoms with Crippen LogP contribution in [0.5, 0.6) is 0 Å².